The lowest BCUT2D eigenvalue weighted by molar-refractivity contribution is 0.0926. The SMILES string of the molecule is Cc1ccc(C(=O)N/N=C\c2ccc(Cl)cc2Cl)o1. The normalized spacial score (nSPS) is 10.9. The fraction of sp³-hybridized carbons (Fsp3) is 0.0769. The van der Waals surface area contributed by atoms with Gasteiger partial charge in [0.2, 0.25) is 0 Å². The minimum absolute atomic E-state index is 0.205. The molecule has 0 saturated carbocycles. The van der Waals surface area contributed by atoms with E-state index in [4.69, 9.17) is 27.6 Å². The predicted octanol–water partition coefficient (Wildman–Crippen LogP) is 3.66. The number of hydrogen-bond acceptors (Lipinski definition) is 3. The molecule has 1 aromatic carbocycles. The second-order valence-corrected chi connectivity index (χ2v) is 4.62. The van der Waals surface area contributed by atoms with Crippen LogP contribution < -0.4 is 5.43 Å². The minimum Gasteiger partial charge on any atom is -0.456 e. The molecular weight excluding hydrogens is 287 g/mol. The van der Waals surface area contributed by atoms with Crippen LogP contribution in [-0.2, 0) is 0 Å². The zero-order chi connectivity index (χ0) is 13.8. The smallest absolute Gasteiger partial charge is 0.307 e. The van der Waals surface area contributed by atoms with Gasteiger partial charge in [0.25, 0.3) is 0 Å². The highest BCUT2D eigenvalue weighted by molar-refractivity contribution is 6.36. The van der Waals surface area contributed by atoms with E-state index in [9.17, 15) is 4.79 Å². The summed E-state index contributed by atoms with van der Waals surface area (Å²) in [5.74, 6) is 0.446. The van der Waals surface area contributed by atoms with Crippen LogP contribution in [0.4, 0.5) is 0 Å². The fourth-order valence-corrected chi connectivity index (χ4v) is 1.84. The number of hydrogen-bond donors (Lipinski definition) is 1. The Balaban J connectivity index is 2.02. The minimum atomic E-state index is -0.422. The van der Waals surface area contributed by atoms with Gasteiger partial charge in [-0.25, -0.2) is 5.43 Å². The van der Waals surface area contributed by atoms with E-state index in [-0.39, 0.29) is 5.76 Å². The fourth-order valence-electron chi connectivity index (χ4n) is 1.38. The summed E-state index contributed by atoms with van der Waals surface area (Å²) in [6.07, 6.45) is 1.44. The van der Waals surface area contributed by atoms with Crippen LogP contribution in [0.3, 0.4) is 0 Å². The topological polar surface area (TPSA) is 54.6 Å². The van der Waals surface area contributed by atoms with Gasteiger partial charge in [0.15, 0.2) is 5.76 Å². The van der Waals surface area contributed by atoms with E-state index in [1.165, 1.54) is 6.21 Å². The molecule has 0 radical (unpaired) electrons. The summed E-state index contributed by atoms with van der Waals surface area (Å²) in [5, 5.41) is 4.80. The Morgan fingerprint density at radius 3 is 2.74 bits per heavy atom. The highest BCUT2D eigenvalue weighted by Gasteiger charge is 2.08. The van der Waals surface area contributed by atoms with Crippen molar-refractivity contribution in [2.75, 3.05) is 0 Å². The molecule has 1 amide bonds. The van der Waals surface area contributed by atoms with Gasteiger partial charge < -0.3 is 4.42 Å². The molecule has 19 heavy (non-hydrogen) atoms. The second-order valence-electron chi connectivity index (χ2n) is 3.78. The number of carbonyl (C=O) groups excluding carboxylic acids is 1. The lowest BCUT2D eigenvalue weighted by Crippen LogP contribution is -2.16. The maximum Gasteiger partial charge on any atom is 0.307 e. The van der Waals surface area contributed by atoms with Gasteiger partial charge in [0.1, 0.15) is 5.76 Å². The Labute approximate surface area is 120 Å². The highest BCUT2D eigenvalue weighted by Crippen LogP contribution is 2.19. The van der Waals surface area contributed by atoms with E-state index < -0.39 is 5.91 Å². The Morgan fingerprint density at radius 2 is 2.11 bits per heavy atom. The van der Waals surface area contributed by atoms with Crippen molar-refractivity contribution in [2.24, 2.45) is 5.10 Å². The van der Waals surface area contributed by atoms with Crippen molar-refractivity contribution in [3.8, 4) is 0 Å². The van der Waals surface area contributed by atoms with Gasteiger partial charge in [-0.15, -0.1) is 0 Å². The van der Waals surface area contributed by atoms with Crippen LogP contribution in [0.5, 0.6) is 0 Å². The third-order valence-corrected chi connectivity index (χ3v) is 2.86. The molecule has 0 aliphatic heterocycles. The van der Waals surface area contributed by atoms with Gasteiger partial charge in [0.05, 0.1) is 11.2 Å². The molecule has 0 aliphatic carbocycles. The molecule has 0 fully saturated rings. The number of amides is 1. The van der Waals surface area contributed by atoms with Crippen LogP contribution in [0.15, 0.2) is 39.9 Å². The molecule has 0 bridgehead atoms. The number of furan rings is 1. The Hall–Kier alpha value is -1.78. The first kappa shape index (κ1) is 13.6. The van der Waals surface area contributed by atoms with Crippen LogP contribution in [0.25, 0.3) is 0 Å². The van der Waals surface area contributed by atoms with E-state index in [1.807, 2.05) is 0 Å². The number of benzene rings is 1. The molecule has 0 saturated heterocycles. The third kappa shape index (κ3) is 3.59. The van der Waals surface area contributed by atoms with Crippen molar-refractivity contribution >= 4 is 35.3 Å². The number of aryl methyl sites for hydroxylation is 1. The quantitative estimate of drug-likeness (QED) is 0.694. The number of nitrogens with one attached hydrogen (secondary N) is 1. The zero-order valence-corrected chi connectivity index (χ0v) is 11.5. The van der Waals surface area contributed by atoms with E-state index in [1.54, 1.807) is 37.3 Å². The first-order valence-electron chi connectivity index (χ1n) is 5.41. The van der Waals surface area contributed by atoms with E-state index in [0.29, 0.717) is 21.4 Å². The van der Waals surface area contributed by atoms with Crippen LogP contribution in [0, 0.1) is 6.92 Å². The lowest BCUT2D eigenvalue weighted by atomic mass is 10.2. The van der Waals surface area contributed by atoms with Crippen molar-refractivity contribution in [1.82, 2.24) is 5.43 Å². The first-order valence-corrected chi connectivity index (χ1v) is 6.17. The Kier molecular flexibility index (Phi) is 4.24. The van der Waals surface area contributed by atoms with Gasteiger partial charge in [-0.2, -0.15) is 5.10 Å². The van der Waals surface area contributed by atoms with Crippen molar-refractivity contribution in [2.45, 2.75) is 6.92 Å². The van der Waals surface area contributed by atoms with Crippen LogP contribution in [0.1, 0.15) is 21.9 Å². The van der Waals surface area contributed by atoms with Gasteiger partial charge in [-0.3, -0.25) is 4.79 Å². The largest absolute Gasteiger partial charge is 0.456 e. The molecular formula is C13H10Cl2N2O2. The molecule has 1 N–H and O–H groups in total. The molecule has 0 unspecified atom stereocenters. The summed E-state index contributed by atoms with van der Waals surface area (Å²) >= 11 is 11.7. The van der Waals surface area contributed by atoms with Gasteiger partial charge >= 0.3 is 5.91 Å². The van der Waals surface area contributed by atoms with E-state index in [0.717, 1.165) is 0 Å². The van der Waals surface area contributed by atoms with Crippen molar-refractivity contribution in [1.29, 1.82) is 0 Å². The maximum atomic E-state index is 11.6. The standard InChI is InChI=1S/C13H10Cl2N2O2/c1-8-2-5-12(19-8)13(18)17-16-7-9-3-4-10(14)6-11(9)15/h2-7H,1H3,(H,17,18)/b16-7-. The third-order valence-electron chi connectivity index (χ3n) is 2.30. The summed E-state index contributed by atoms with van der Waals surface area (Å²) in [5.41, 5.74) is 3.00. The molecule has 0 aliphatic rings. The number of nitrogens with zero attached hydrogens (tertiary/aromatic N) is 1. The highest BCUT2D eigenvalue weighted by atomic mass is 35.5. The second kappa shape index (κ2) is 5.91. The predicted molar refractivity (Wildman–Crippen MR) is 75.0 cm³/mol. The van der Waals surface area contributed by atoms with Gasteiger partial charge in [-0.05, 0) is 31.2 Å². The summed E-state index contributed by atoms with van der Waals surface area (Å²) in [7, 11) is 0. The maximum absolute atomic E-state index is 11.6. The first-order chi connectivity index (χ1) is 9.06. The monoisotopic (exact) mass is 296 g/mol. The van der Waals surface area contributed by atoms with Gasteiger partial charge in [0, 0.05) is 10.6 Å². The summed E-state index contributed by atoms with van der Waals surface area (Å²) in [6, 6.07) is 8.27. The number of carbonyl (C=O) groups is 1. The average Bonchev–Trinajstić information content (AvgIpc) is 2.78. The summed E-state index contributed by atoms with van der Waals surface area (Å²) < 4.78 is 5.16. The van der Waals surface area contributed by atoms with Crippen LogP contribution in [-0.4, -0.2) is 12.1 Å². The Morgan fingerprint density at radius 1 is 1.32 bits per heavy atom. The molecule has 2 rings (SSSR count). The number of halogens is 2. The Bertz CT molecular complexity index is 635. The summed E-state index contributed by atoms with van der Waals surface area (Å²) in [6.45, 7) is 1.76. The van der Waals surface area contributed by atoms with Gasteiger partial charge in [-0.1, -0.05) is 29.3 Å². The van der Waals surface area contributed by atoms with Crippen molar-refractivity contribution in [3.05, 3.63) is 57.5 Å². The molecule has 0 spiro atoms. The van der Waals surface area contributed by atoms with Crippen molar-refractivity contribution in [3.63, 3.8) is 0 Å². The molecule has 2 aromatic rings. The summed E-state index contributed by atoms with van der Waals surface area (Å²) in [4.78, 5) is 11.6. The molecule has 4 nitrogen and oxygen atoms in total. The lowest BCUT2D eigenvalue weighted by Gasteiger charge is -1.98. The van der Waals surface area contributed by atoms with E-state index >= 15 is 0 Å². The zero-order valence-electron chi connectivity index (χ0n) is 9.98. The molecule has 1 aromatic heterocycles. The molecule has 1 heterocycles. The average molecular weight is 297 g/mol. The van der Waals surface area contributed by atoms with E-state index in [2.05, 4.69) is 10.5 Å². The van der Waals surface area contributed by atoms with Crippen LogP contribution in [0.2, 0.25) is 10.0 Å². The molecule has 98 valence electrons. The number of rotatable bonds is 3. The van der Waals surface area contributed by atoms with Crippen LogP contribution >= 0.6 is 23.2 Å². The molecule has 6 heteroatoms. The van der Waals surface area contributed by atoms with Crippen molar-refractivity contribution < 1.29 is 9.21 Å². The molecule has 0 atom stereocenters. The number of hydrazone groups is 1.